The lowest BCUT2D eigenvalue weighted by atomic mass is 10.0. The standard InChI is InChI=1S/C26H32F3N3O8S2/c27-26(28,29)41(34,35)24-21(30-18-19-8-13-38-14-9-19)6-7-22(23(24)40-17-12-32-10-15-39-16-11-32)42(36,37)31-25(33)20-4-2-1-3-5-20/h1-7,19,30H,8-18H2,(H,31,33). The minimum atomic E-state index is -6.13. The number of anilines is 1. The first-order valence-corrected chi connectivity index (χ1v) is 16.2. The van der Waals surface area contributed by atoms with Crippen molar-refractivity contribution in [1.29, 1.82) is 0 Å². The molecule has 0 aromatic heterocycles. The minimum absolute atomic E-state index is 0.0144. The molecule has 2 aromatic rings. The van der Waals surface area contributed by atoms with Crippen molar-refractivity contribution in [2.75, 3.05) is 64.5 Å². The molecule has 42 heavy (non-hydrogen) atoms. The molecular weight excluding hydrogens is 603 g/mol. The molecule has 2 aliphatic rings. The molecule has 0 radical (unpaired) electrons. The number of sulfone groups is 1. The largest absolute Gasteiger partial charge is 0.502 e. The lowest BCUT2D eigenvalue weighted by Gasteiger charge is -2.27. The lowest BCUT2D eigenvalue weighted by molar-refractivity contribution is -0.0437. The normalized spacial score (nSPS) is 17.5. The van der Waals surface area contributed by atoms with Crippen molar-refractivity contribution in [3.8, 4) is 5.75 Å². The van der Waals surface area contributed by atoms with Crippen LogP contribution in [0.15, 0.2) is 52.3 Å². The van der Waals surface area contributed by atoms with Gasteiger partial charge in [0.25, 0.3) is 25.8 Å². The van der Waals surface area contributed by atoms with Gasteiger partial charge in [0, 0.05) is 45.0 Å². The average molecular weight is 636 g/mol. The number of sulfonamides is 1. The third kappa shape index (κ3) is 7.72. The molecule has 0 unspecified atom stereocenters. The number of carbonyl (C=O) groups is 1. The van der Waals surface area contributed by atoms with E-state index in [2.05, 4.69) is 5.32 Å². The molecule has 1 amide bonds. The van der Waals surface area contributed by atoms with Crippen molar-refractivity contribution in [2.45, 2.75) is 28.1 Å². The van der Waals surface area contributed by atoms with Crippen LogP contribution in [0.3, 0.4) is 0 Å². The van der Waals surface area contributed by atoms with Crippen LogP contribution >= 0.6 is 0 Å². The number of amides is 1. The number of morpholine rings is 1. The average Bonchev–Trinajstić information content (AvgIpc) is 2.96. The summed E-state index contributed by atoms with van der Waals surface area (Å²) in [5.74, 6) is -2.10. The highest BCUT2D eigenvalue weighted by Crippen LogP contribution is 2.43. The van der Waals surface area contributed by atoms with E-state index >= 15 is 0 Å². The van der Waals surface area contributed by atoms with Gasteiger partial charge in [-0.3, -0.25) is 9.69 Å². The number of rotatable bonds is 11. The van der Waals surface area contributed by atoms with E-state index in [4.69, 9.17) is 14.2 Å². The van der Waals surface area contributed by atoms with Gasteiger partial charge in [0.15, 0.2) is 5.75 Å². The summed E-state index contributed by atoms with van der Waals surface area (Å²) >= 11 is 0. The third-order valence-corrected chi connectivity index (χ3v) is 9.79. The molecule has 2 N–H and O–H groups in total. The summed E-state index contributed by atoms with van der Waals surface area (Å²) in [6, 6.07) is 9.14. The number of halogens is 3. The Morgan fingerprint density at radius 2 is 1.60 bits per heavy atom. The Morgan fingerprint density at radius 1 is 0.952 bits per heavy atom. The number of nitrogens with one attached hydrogen (secondary N) is 2. The third-order valence-electron chi connectivity index (χ3n) is 6.88. The lowest BCUT2D eigenvalue weighted by Crippen LogP contribution is -2.39. The fourth-order valence-electron chi connectivity index (χ4n) is 4.55. The zero-order chi connectivity index (χ0) is 30.4. The predicted octanol–water partition coefficient (Wildman–Crippen LogP) is 2.65. The van der Waals surface area contributed by atoms with Crippen LogP contribution in [0.2, 0.25) is 0 Å². The van der Waals surface area contributed by atoms with E-state index in [0.29, 0.717) is 52.4 Å². The second kappa shape index (κ2) is 13.6. The molecule has 2 saturated heterocycles. The van der Waals surface area contributed by atoms with Gasteiger partial charge in [-0.25, -0.2) is 21.6 Å². The summed E-state index contributed by atoms with van der Waals surface area (Å²) in [7, 11) is -11.0. The van der Waals surface area contributed by atoms with Crippen LogP contribution in [0.4, 0.5) is 18.9 Å². The highest BCUT2D eigenvalue weighted by Gasteiger charge is 2.51. The molecule has 4 rings (SSSR count). The SMILES string of the molecule is O=C(NS(=O)(=O)c1ccc(NCC2CCOCC2)c(S(=O)(=O)C(F)(F)F)c1OCCN1CCOCC1)c1ccccc1. The van der Waals surface area contributed by atoms with Gasteiger partial charge in [0.05, 0.1) is 18.9 Å². The molecule has 0 spiro atoms. The zero-order valence-electron chi connectivity index (χ0n) is 22.6. The van der Waals surface area contributed by atoms with E-state index < -0.39 is 52.5 Å². The van der Waals surface area contributed by atoms with E-state index in [1.807, 2.05) is 4.90 Å². The molecule has 2 heterocycles. The molecule has 232 valence electrons. The Balaban J connectivity index is 1.76. The first kappa shape index (κ1) is 32.0. The number of hydrogen-bond acceptors (Lipinski definition) is 10. The molecular formula is C26H32F3N3O8S2. The summed E-state index contributed by atoms with van der Waals surface area (Å²) in [4.78, 5) is 12.3. The number of benzene rings is 2. The molecule has 0 atom stereocenters. The molecule has 0 bridgehead atoms. The second-order valence-electron chi connectivity index (χ2n) is 9.76. The van der Waals surface area contributed by atoms with Gasteiger partial charge < -0.3 is 19.5 Å². The molecule has 2 fully saturated rings. The first-order valence-electron chi connectivity index (χ1n) is 13.3. The number of alkyl halides is 3. The van der Waals surface area contributed by atoms with Gasteiger partial charge in [-0.15, -0.1) is 0 Å². The molecule has 0 saturated carbocycles. The number of hydrogen-bond donors (Lipinski definition) is 2. The van der Waals surface area contributed by atoms with Crippen molar-refractivity contribution in [2.24, 2.45) is 5.92 Å². The van der Waals surface area contributed by atoms with E-state index in [-0.39, 0.29) is 31.2 Å². The predicted molar refractivity (Wildman–Crippen MR) is 146 cm³/mol. The number of ether oxygens (including phenoxy) is 3. The summed E-state index contributed by atoms with van der Waals surface area (Å²) < 4.78 is 113. The Hall–Kier alpha value is -2.92. The van der Waals surface area contributed by atoms with Crippen LogP contribution in [0.5, 0.6) is 5.75 Å². The Morgan fingerprint density at radius 3 is 2.24 bits per heavy atom. The molecule has 2 aromatic carbocycles. The van der Waals surface area contributed by atoms with Crippen LogP contribution in [0.25, 0.3) is 0 Å². The van der Waals surface area contributed by atoms with Crippen molar-refractivity contribution >= 4 is 31.5 Å². The van der Waals surface area contributed by atoms with Gasteiger partial charge in [-0.05, 0) is 43.0 Å². The highest BCUT2D eigenvalue weighted by atomic mass is 32.2. The van der Waals surface area contributed by atoms with Crippen LogP contribution in [0, 0.1) is 5.92 Å². The summed E-state index contributed by atoms with van der Waals surface area (Å²) in [5, 5.41) is 2.76. The topological polar surface area (TPSA) is 140 Å². The van der Waals surface area contributed by atoms with Gasteiger partial charge in [-0.1, -0.05) is 18.2 Å². The van der Waals surface area contributed by atoms with Gasteiger partial charge >= 0.3 is 5.51 Å². The minimum Gasteiger partial charge on any atom is -0.489 e. The summed E-state index contributed by atoms with van der Waals surface area (Å²) in [6.45, 7) is 2.69. The van der Waals surface area contributed by atoms with Crippen molar-refractivity contribution in [1.82, 2.24) is 9.62 Å². The van der Waals surface area contributed by atoms with Crippen molar-refractivity contribution in [3.63, 3.8) is 0 Å². The van der Waals surface area contributed by atoms with Gasteiger partial charge in [-0.2, -0.15) is 13.2 Å². The maximum Gasteiger partial charge on any atom is 0.502 e. The van der Waals surface area contributed by atoms with Crippen LogP contribution in [-0.4, -0.2) is 92.4 Å². The molecule has 2 aliphatic heterocycles. The molecule has 11 nitrogen and oxygen atoms in total. The molecule has 16 heteroatoms. The van der Waals surface area contributed by atoms with E-state index in [9.17, 15) is 34.8 Å². The van der Waals surface area contributed by atoms with Crippen LogP contribution in [-0.2, 0) is 29.3 Å². The highest BCUT2D eigenvalue weighted by molar-refractivity contribution is 7.92. The van der Waals surface area contributed by atoms with E-state index in [1.54, 1.807) is 10.8 Å². The fourth-order valence-corrected chi connectivity index (χ4v) is 6.81. The fraction of sp³-hybridized carbons (Fsp3) is 0.500. The van der Waals surface area contributed by atoms with E-state index in [0.717, 1.165) is 12.1 Å². The number of carbonyl (C=O) groups excluding carboxylic acids is 1. The number of nitrogens with zero attached hydrogens (tertiary/aromatic N) is 1. The van der Waals surface area contributed by atoms with Gasteiger partial charge in [0.1, 0.15) is 16.4 Å². The monoisotopic (exact) mass is 635 g/mol. The Labute approximate surface area is 242 Å². The first-order chi connectivity index (χ1) is 19.9. The second-order valence-corrected chi connectivity index (χ2v) is 13.3. The van der Waals surface area contributed by atoms with Crippen LogP contribution < -0.4 is 14.8 Å². The quantitative estimate of drug-likeness (QED) is 0.379. The van der Waals surface area contributed by atoms with Crippen LogP contribution in [0.1, 0.15) is 23.2 Å². The van der Waals surface area contributed by atoms with Crippen molar-refractivity contribution < 1.29 is 49.0 Å². The maximum atomic E-state index is 14.0. The van der Waals surface area contributed by atoms with Gasteiger partial charge in [0.2, 0.25) is 0 Å². The summed E-state index contributed by atoms with van der Waals surface area (Å²) in [6.07, 6.45) is 1.21. The Bertz CT molecular complexity index is 1440. The Kier molecular flexibility index (Phi) is 10.4. The molecule has 0 aliphatic carbocycles. The van der Waals surface area contributed by atoms with E-state index in [1.165, 1.54) is 24.3 Å². The summed E-state index contributed by atoms with van der Waals surface area (Å²) in [5.41, 5.74) is -6.28. The maximum absolute atomic E-state index is 14.0. The smallest absolute Gasteiger partial charge is 0.489 e. The zero-order valence-corrected chi connectivity index (χ0v) is 24.2. The van der Waals surface area contributed by atoms with Crippen molar-refractivity contribution in [3.05, 3.63) is 48.0 Å².